The third-order valence-corrected chi connectivity index (χ3v) is 1.36. The fourth-order valence-corrected chi connectivity index (χ4v) is 0.799. The van der Waals surface area contributed by atoms with Gasteiger partial charge in [-0.25, -0.2) is 0 Å². The highest BCUT2D eigenvalue weighted by Gasteiger charge is 1.88. The van der Waals surface area contributed by atoms with Crippen molar-refractivity contribution in [3.8, 4) is 0 Å². The molecular formula is C11H20N2. The summed E-state index contributed by atoms with van der Waals surface area (Å²) in [6.07, 6.45) is 4.09. The number of likely N-dealkylation sites (N-methyl/N-ethyl adjacent to an activating group) is 1. The lowest BCUT2D eigenvalue weighted by Crippen LogP contribution is -2.10. The van der Waals surface area contributed by atoms with Crippen molar-refractivity contribution >= 4 is 0 Å². The van der Waals surface area contributed by atoms with Crippen LogP contribution in [0.2, 0.25) is 0 Å². The Morgan fingerprint density at radius 2 is 2.00 bits per heavy atom. The zero-order valence-corrected chi connectivity index (χ0v) is 8.88. The van der Waals surface area contributed by atoms with E-state index in [1.54, 1.807) is 0 Å². The fourth-order valence-electron chi connectivity index (χ4n) is 0.799. The molecule has 1 rings (SSSR count). The Morgan fingerprint density at radius 3 is 2.46 bits per heavy atom. The molecule has 13 heavy (non-hydrogen) atoms. The van der Waals surface area contributed by atoms with Gasteiger partial charge in [-0.3, -0.25) is 4.98 Å². The van der Waals surface area contributed by atoms with E-state index >= 15 is 0 Å². The highest BCUT2D eigenvalue weighted by Crippen LogP contribution is 1.92. The molecule has 0 unspecified atom stereocenters. The van der Waals surface area contributed by atoms with Crippen LogP contribution < -0.4 is 5.32 Å². The summed E-state index contributed by atoms with van der Waals surface area (Å²) in [4.78, 5) is 4.18. The maximum atomic E-state index is 4.18. The minimum Gasteiger partial charge on any atom is -0.319 e. The Hall–Kier alpha value is -0.890. The van der Waals surface area contributed by atoms with Crippen LogP contribution >= 0.6 is 0 Å². The van der Waals surface area contributed by atoms with E-state index in [9.17, 15) is 0 Å². The number of rotatable bonds is 3. The Morgan fingerprint density at radius 1 is 1.31 bits per heavy atom. The lowest BCUT2D eigenvalue weighted by molar-refractivity contribution is 0.776. The SMILES string of the molecule is CCC.CNCCc1ccccn1. The molecule has 1 aromatic heterocycles. The standard InChI is InChI=1S/C8H12N2.C3H8/c1-9-7-5-8-4-2-3-6-10-8;1-3-2/h2-4,6,9H,5,7H2,1H3;3H2,1-2H3. The Kier molecular flexibility index (Phi) is 8.57. The number of hydrogen-bond donors (Lipinski definition) is 1. The first-order valence-corrected chi connectivity index (χ1v) is 4.89. The molecular weight excluding hydrogens is 160 g/mol. The minimum atomic E-state index is 0.997. The third-order valence-electron chi connectivity index (χ3n) is 1.36. The third kappa shape index (κ3) is 7.47. The molecule has 0 aliphatic rings. The Labute approximate surface area is 81.4 Å². The van der Waals surface area contributed by atoms with Gasteiger partial charge in [0.2, 0.25) is 0 Å². The van der Waals surface area contributed by atoms with Gasteiger partial charge in [0.1, 0.15) is 0 Å². The van der Waals surface area contributed by atoms with E-state index in [1.165, 1.54) is 6.42 Å². The van der Waals surface area contributed by atoms with E-state index < -0.39 is 0 Å². The van der Waals surface area contributed by atoms with Gasteiger partial charge in [0.05, 0.1) is 0 Å². The summed E-state index contributed by atoms with van der Waals surface area (Å²) in [6.45, 7) is 5.25. The smallest absolute Gasteiger partial charge is 0.0416 e. The molecule has 2 nitrogen and oxygen atoms in total. The van der Waals surface area contributed by atoms with E-state index in [-0.39, 0.29) is 0 Å². The lowest BCUT2D eigenvalue weighted by Gasteiger charge is -1.96. The zero-order chi connectivity index (χ0) is 9.94. The van der Waals surface area contributed by atoms with Gasteiger partial charge in [-0.15, -0.1) is 0 Å². The van der Waals surface area contributed by atoms with Crippen LogP contribution in [0.25, 0.3) is 0 Å². The first kappa shape index (κ1) is 12.1. The van der Waals surface area contributed by atoms with Gasteiger partial charge in [0, 0.05) is 24.9 Å². The van der Waals surface area contributed by atoms with Gasteiger partial charge >= 0.3 is 0 Å². The zero-order valence-electron chi connectivity index (χ0n) is 8.88. The molecule has 0 saturated heterocycles. The molecule has 0 aromatic carbocycles. The monoisotopic (exact) mass is 180 g/mol. The van der Waals surface area contributed by atoms with E-state index in [0.29, 0.717) is 0 Å². The molecule has 2 heteroatoms. The van der Waals surface area contributed by atoms with Crippen molar-refractivity contribution in [2.75, 3.05) is 13.6 Å². The number of nitrogens with zero attached hydrogens (tertiary/aromatic N) is 1. The highest BCUT2D eigenvalue weighted by atomic mass is 14.8. The van der Waals surface area contributed by atoms with Crippen molar-refractivity contribution in [2.45, 2.75) is 26.7 Å². The molecule has 0 spiro atoms. The first-order chi connectivity index (χ1) is 6.35. The molecule has 0 amide bonds. The molecule has 1 N–H and O–H groups in total. The fraction of sp³-hybridized carbons (Fsp3) is 0.545. The van der Waals surface area contributed by atoms with Crippen molar-refractivity contribution in [3.05, 3.63) is 30.1 Å². The van der Waals surface area contributed by atoms with Crippen LogP contribution in [-0.2, 0) is 6.42 Å². The normalized spacial score (nSPS) is 8.85. The maximum absolute atomic E-state index is 4.18. The lowest BCUT2D eigenvalue weighted by atomic mass is 10.3. The van der Waals surface area contributed by atoms with Crippen molar-refractivity contribution in [1.29, 1.82) is 0 Å². The van der Waals surface area contributed by atoms with Crippen LogP contribution in [0.5, 0.6) is 0 Å². The maximum Gasteiger partial charge on any atom is 0.0416 e. The van der Waals surface area contributed by atoms with Crippen molar-refractivity contribution < 1.29 is 0 Å². The molecule has 0 aliphatic carbocycles. The van der Waals surface area contributed by atoms with Crippen LogP contribution in [0.15, 0.2) is 24.4 Å². The average Bonchev–Trinajstić information content (AvgIpc) is 2.18. The summed E-state index contributed by atoms with van der Waals surface area (Å²) >= 11 is 0. The minimum absolute atomic E-state index is 0.997. The highest BCUT2D eigenvalue weighted by molar-refractivity contribution is 5.03. The van der Waals surface area contributed by atoms with E-state index in [4.69, 9.17) is 0 Å². The second-order valence-electron chi connectivity index (χ2n) is 2.88. The summed E-state index contributed by atoms with van der Waals surface area (Å²) in [5, 5.41) is 3.08. The Bertz CT molecular complexity index is 185. The molecule has 0 atom stereocenters. The molecule has 0 bridgehead atoms. The topological polar surface area (TPSA) is 24.9 Å². The van der Waals surface area contributed by atoms with E-state index in [2.05, 4.69) is 24.1 Å². The second-order valence-corrected chi connectivity index (χ2v) is 2.88. The van der Waals surface area contributed by atoms with E-state index in [0.717, 1.165) is 18.7 Å². The molecule has 0 radical (unpaired) electrons. The number of aromatic nitrogens is 1. The summed E-state index contributed by atoms with van der Waals surface area (Å²) in [5.41, 5.74) is 1.15. The summed E-state index contributed by atoms with van der Waals surface area (Å²) < 4.78 is 0. The van der Waals surface area contributed by atoms with Gasteiger partial charge in [-0.1, -0.05) is 26.3 Å². The quantitative estimate of drug-likeness (QED) is 0.771. The molecule has 1 heterocycles. The van der Waals surface area contributed by atoms with Crippen molar-refractivity contribution in [1.82, 2.24) is 10.3 Å². The van der Waals surface area contributed by atoms with Crippen LogP contribution in [0.3, 0.4) is 0 Å². The predicted octanol–water partition coefficient (Wildman–Crippen LogP) is 2.26. The van der Waals surface area contributed by atoms with Crippen LogP contribution in [0, 0.1) is 0 Å². The van der Waals surface area contributed by atoms with Crippen LogP contribution in [-0.4, -0.2) is 18.6 Å². The first-order valence-electron chi connectivity index (χ1n) is 4.89. The van der Waals surface area contributed by atoms with Crippen molar-refractivity contribution in [3.63, 3.8) is 0 Å². The summed E-state index contributed by atoms with van der Waals surface area (Å²) in [6, 6.07) is 5.98. The summed E-state index contributed by atoms with van der Waals surface area (Å²) in [5.74, 6) is 0. The molecule has 1 aromatic rings. The van der Waals surface area contributed by atoms with Gasteiger partial charge in [-0.2, -0.15) is 0 Å². The molecule has 0 saturated carbocycles. The van der Waals surface area contributed by atoms with Gasteiger partial charge in [0.15, 0.2) is 0 Å². The average molecular weight is 180 g/mol. The number of pyridine rings is 1. The second kappa shape index (κ2) is 9.20. The van der Waals surface area contributed by atoms with Crippen LogP contribution in [0.1, 0.15) is 26.0 Å². The Balaban J connectivity index is 0.000000424. The molecule has 0 aliphatic heterocycles. The summed E-state index contributed by atoms with van der Waals surface area (Å²) in [7, 11) is 1.95. The largest absolute Gasteiger partial charge is 0.319 e. The number of hydrogen-bond acceptors (Lipinski definition) is 2. The van der Waals surface area contributed by atoms with Gasteiger partial charge in [-0.05, 0) is 19.2 Å². The van der Waals surface area contributed by atoms with Gasteiger partial charge < -0.3 is 5.32 Å². The molecule has 74 valence electrons. The van der Waals surface area contributed by atoms with Crippen LogP contribution in [0.4, 0.5) is 0 Å². The predicted molar refractivity (Wildman–Crippen MR) is 57.8 cm³/mol. The van der Waals surface area contributed by atoms with Gasteiger partial charge in [0.25, 0.3) is 0 Å². The van der Waals surface area contributed by atoms with E-state index in [1.807, 2.05) is 31.4 Å². The van der Waals surface area contributed by atoms with Crippen molar-refractivity contribution in [2.24, 2.45) is 0 Å². The molecule has 0 fully saturated rings. The number of nitrogens with one attached hydrogen (secondary N) is 1.